The first-order valence-electron chi connectivity index (χ1n) is 9.30. The average molecular weight is 480 g/mol. The first-order chi connectivity index (χ1) is 15.1. The molecule has 0 unspecified atom stereocenters. The molecule has 2 amide bonds. The molecule has 0 aliphatic rings. The van der Waals surface area contributed by atoms with Crippen LogP contribution in [0.3, 0.4) is 0 Å². The van der Waals surface area contributed by atoms with Crippen molar-refractivity contribution in [3.05, 3.63) is 46.3 Å². The van der Waals surface area contributed by atoms with Crippen molar-refractivity contribution in [1.82, 2.24) is 4.98 Å². The van der Waals surface area contributed by atoms with Crippen molar-refractivity contribution in [1.29, 1.82) is 0 Å². The van der Waals surface area contributed by atoms with Crippen LogP contribution in [0, 0.1) is 6.92 Å². The molecule has 0 aliphatic carbocycles. The molecule has 2 heterocycles. The van der Waals surface area contributed by atoms with E-state index in [0.29, 0.717) is 5.75 Å². The van der Waals surface area contributed by atoms with Gasteiger partial charge in [-0.3, -0.25) is 9.59 Å². The zero-order valence-corrected chi connectivity index (χ0v) is 18.4. The zero-order chi connectivity index (χ0) is 23.0. The van der Waals surface area contributed by atoms with Crippen LogP contribution < -0.4 is 15.4 Å². The van der Waals surface area contributed by atoms with Crippen LogP contribution in [-0.2, 0) is 15.8 Å². The fourth-order valence-corrected chi connectivity index (χ4v) is 5.04. The van der Waals surface area contributed by atoms with E-state index in [1.165, 1.54) is 35.7 Å². The van der Waals surface area contributed by atoms with Crippen LogP contribution in [0.5, 0.6) is 5.75 Å². The maximum Gasteiger partial charge on any atom is 0.418 e. The van der Waals surface area contributed by atoms with E-state index in [0.717, 1.165) is 37.4 Å². The normalized spacial score (nSPS) is 11.7. The maximum atomic E-state index is 13.5. The van der Waals surface area contributed by atoms with E-state index in [9.17, 15) is 22.8 Å². The van der Waals surface area contributed by atoms with Gasteiger partial charge in [-0.25, -0.2) is 4.98 Å². The van der Waals surface area contributed by atoms with Crippen LogP contribution in [0.2, 0.25) is 0 Å². The van der Waals surface area contributed by atoms with E-state index in [-0.39, 0.29) is 5.69 Å². The standard InChI is InChI=1S/C21H16F3N3O3S2/c1-10(28)25-12-3-4-15(14(7-12)21(22,23)24)27-18(29)9-30-16-8-17-19(26-11(2)32-17)20-13(16)5-6-31-20/h3-8H,9H2,1-2H3,(H,25,28)(H,27,29). The first-order valence-corrected chi connectivity index (χ1v) is 11.0. The number of amides is 2. The number of aromatic nitrogens is 1. The monoisotopic (exact) mass is 479 g/mol. The minimum absolute atomic E-state index is 0.0212. The van der Waals surface area contributed by atoms with Crippen molar-refractivity contribution >= 4 is 66.2 Å². The largest absolute Gasteiger partial charge is 0.483 e. The Morgan fingerprint density at radius 1 is 1.16 bits per heavy atom. The van der Waals surface area contributed by atoms with E-state index in [1.54, 1.807) is 6.07 Å². The van der Waals surface area contributed by atoms with Gasteiger partial charge >= 0.3 is 6.18 Å². The van der Waals surface area contributed by atoms with Gasteiger partial charge in [0.25, 0.3) is 5.91 Å². The second kappa shape index (κ2) is 8.40. The maximum absolute atomic E-state index is 13.5. The third-order valence-corrected chi connectivity index (χ3v) is 6.29. The number of thiophene rings is 1. The van der Waals surface area contributed by atoms with Crippen LogP contribution in [-0.4, -0.2) is 23.4 Å². The number of carbonyl (C=O) groups is 2. The molecular weight excluding hydrogens is 463 g/mol. The van der Waals surface area contributed by atoms with Crippen LogP contribution in [0.1, 0.15) is 17.5 Å². The van der Waals surface area contributed by atoms with E-state index in [2.05, 4.69) is 15.6 Å². The Kier molecular flexibility index (Phi) is 5.78. The Hall–Kier alpha value is -3.18. The molecule has 0 fully saturated rings. The summed E-state index contributed by atoms with van der Waals surface area (Å²) in [6.07, 6.45) is -4.73. The summed E-state index contributed by atoms with van der Waals surface area (Å²) in [6, 6.07) is 6.78. The number of hydrogen-bond acceptors (Lipinski definition) is 6. The van der Waals surface area contributed by atoms with Gasteiger partial charge in [0.15, 0.2) is 6.61 Å². The number of fused-ring (bicyclic) bond motifs is 3. The quantitative estimate of drug-likeness (QED) is 0.378. The molecule has 0 bridgehead atoms. The van der Waals surface area contributed by atoms with Crippen molar-refractivity contribution in [2.75, 3.05) is 17.2 Å². The van der Waals surface area contributed by atoms with Crippen LogP contribution in [0.4, 0.5) is 24.5 Å². The zero-order valence-electron chi connectivity index (χ0n) is 16.8. The molecule has 0 radical (unpaired) electrons. The Morgan fingerprint density at radius 2 is 1.94 bits per heavy atom. The molecule has 166 valence electrons. The van der Waals surface area contributed by atoms with Gasteiger partial charge in [0, 0.05) is 24.1 Å². The highest BCUT2D eigenvalue weighted by Crippen LogP contribution is 2.39. The molecular formula is C21H16F3N3O3S2. The van der Waals surface area contributed by atoms with Crippen LogP contribution in [0.15, 0.2) is 35.7 Å². The predicted molar refractivity (Wildman–Crippen MR) is 120 cm³/mol. The lowest BCUT2D eigenvalue weighted by molar-refractivity contribution is -0.137. The second-order valence-electron chi connectivity index (χ2n) is 6.89. The Morgan fingerprint density at radius 3 is 2.66 bits per heavy atom. The lowest BCUT2D eigenvalue weighted by atomic mass is 10.1. The molecule has 4 rings (SSSR count). The summed E-state index contributed by atoms with van der Waals surface area (Å²) in [4.78, 5) is 28.0. The lowest BCUT2D eigenvalue weighted by Crippen LogP contribution is -2.22. The molecule has 32 heavy (non-hydrogen) atoms. The summed E-state index contributed by atoms with van der Waals surface area (Å²) in [5.74, 6) is -0.785. The number of ether oxygens (including phenoxy) is 1. The molecule has 2 aromatic heterocycles. The Bertz CT molecular complexity index is 1340. The number of benzene rings is 2. The van der Waals surface area contributed by atoms with Crippen molar-refractivity contribution in [3.63, 3.8) is 0 Å². The summed E-state index contributed by atoms with van der Waals surface area (Å²) in [7, 11) is 0. The fraction of sp³-hybridized carbons (Fsp3) is 0.190. The van der Waals surface area contributed by atoms with E-state index in [1.807, 2.05) is 18.4 Å². The Balaban J connectivity index is 1.54. The van der Waals surface area contributed by atoms with Crippen LogP contribution >= 0.6 is 22.7 Å². The molecule has 0 saturated heterocycles. The van der Waals surface area contributed by atoms with Crippen molar-refractivity contribution in [2.24, 2.45) is 0 Å². The van der Waals surface area contributed by atoms with Gasteiger partial charge in [-0.1, -0.05) is 0 Å². The number of anilines is 2. The number of hydrogen-bond donors (Lipinski definition) is 2. The summed E-state index contributed by atoms with van der Waals surface area (Å²) >= 11 is 2.99. The molecule has 4 aromatic rings. The average Bonchev–Trinajstić information content (AvgIpc) is 3.32. The van der Waals surface area contributed by atoms with Gasteiger partial charge < -0.3 is 15.4 Å². The summed E-state index contributed by atoms with van der Waals surface area (Å²) in [6.45, 7) is 2.61. The highest BCUT2D eigenvalue weighted by molar-refractivity contribution is 7.21. The molecule has 0 saturated carbocycles. The molecule has 6 nitrogen and oxygen atoms in total. The second-order valence-corrected chi connectivity index (χ2v) is 9.04. The van der Waals surface area contributed by atoms with Gasteiger partial charge in [-0.05, 0) is 36.6 Å². The molecule has 11 heteroatoms. The summed E-state index contributed by atoms with van der Waals surface area (Å²) in [5.41, 5.74) is -0.649. The number of rotatable bonds is 5. The minimum atomic E-state index is -4.73. The number of halogens is 3. The molecule has 2 N–H and O–H groups in total. The number of alkyl halides is 3. The third-order valence-electron chi connectivity index (χ3n) is 4.45. The topological polar surface area (TPSA) is 80.3 Å². The van der Waals surface area contributed by atoms with E-state index >= 15 is 0 Å². The van der Waals surface area contributed by atoms with Crippen LogP contribution in [0.25, 0.3) is 20.3 Å². The van der Waals surface area contributed by atoms with Gasteiger partial charge in [0.1, 0.15) is 5.75 Å². The molecule has 2 aromatic carbocycles. The fourth-order valence-electron chi connectivity index (χ4n) is 3.20. The summed E-state index contributed by atoms with van der Waals surface area (Å²) < 4.78 is 47.9. The number of nitrogens with zero attached hydrogens (tertiary/aromatic N) is 1. The lowest BCUT2D eigenvalue weighted by Gasteiger charge is -2.16. The number of aryl methyl sites for hydroxylation is 1. The van der Waals surface area contributed by atoms with E-state index < -0.39 is 35.8 Å². The predicted octanol–water partition coefficient (Wildman–Crippen LogP) is 5.81. The SMILES string of the molecule is CC(=O)Nc1ccc(NC(=O)COc2cc3sc(C)nc3c3sccc23)c(C(F)(F)F)c1. The van der Waals surface area contributed by atoms with Gasteiger partial charge in [0.05, 0.1) is 31.2 Å². The first kappa shape index (κ1) is 22.0. The number of nitrogens with one attached hydrogen (secondary N) is 2. The molecule has 0 atom stereocenters. The van der Waals surface area contributed by atoms with E-state index in [4.69, 9.17) is 4.74 Å². The van der Waals surface area contributed by atoms with Crippen molar-refractivity contribution < 1.29 is 27.5 Å². The molecule has 0 aliphatic heterocycles. The van der Waals surface area contributed by atoms with Gasteiger partial charge in [0.2, 0.25) is 5.91 Å². The third kappa shape index (κ3) is 4.53. The number of thiazole rings is 1. The van der Waals surface area contributed by atoms with Crippen molar-refractivity contribution in [3.8, 4) is 5.75 Å². The minimum Gasteiger partial charge on any atom is -0.483 e. The highest BCUT2D eigenvalue weighted by Gasteiger charge is 2.34. The molecule has 0 spiro atoms. The van der Waals surface area contributed by atoms with Gasteiger partial charge in [-0.2, -0.15) is 13.2 Å². The number of carbonyl (C=O) groups excluding carboxylic acids is 2. The Labute approximate surface area is 188 Å². The highest BCUT2D eigenvalue weighted by atomic mass is 32.1. The summed E-state index contributed by atoms with van der Waals surface area (Å²) in [5, 5.41) is 8.11. The van der Waals surface area contributed by atoms with Crippen molar-refractivity contribution in [2.45, 2.75) is 20.0 Å². The van der Waals surface area contributed by atoms with Gasteiger partial charge in [-0.15, -0.1) is 22.7 Å². The smallest absolute Gasteiger partial charge is 0.418 e.